The lowest BCUT2D eigenvalue weighted by atomic mass is 10.0. The molecule has 0 aliphatic carbocycles. The first kappa shape index (κ1) is 14.6. The van der Waals surface area contributed by atoms with E-state index in [1.165, 1.54) is 0 Å². The van der Waals surface area contributed by atoms with Crippen molar-refractivity contribution in [1.82, 2.24) is 9.78 Å². The molecule has 3 heteroatoms. The van der Waals surface area contributed by atoms with Crippen molar-refractivity contribution in [2.45, 2.75) is 52.5 Å². The highest BCUT2D eigenvalue weighted by Gasteiger charge is 2.23. The average Bonchev–Trinajstić information content (AvgIpc) is 2.74. The van der Waals surface area contributed by atoms with Crippen molar-refractivity contribution in [1.29, 1.82) is 0 Å². The van der Waals surface area contributed by atoms with Gasteiger partial charge in [-0.2, -0.15) is 0 Å². The van der Waals surface area contributed by atoms with Crippen LogP contribution in [0.5, 0.6) is 0 Å². The molecule has 2 rings (SSSR count). The van der Waals surface area contributed by atoms with E-state index in [4.69, 9.17) is 0 Å². The van der Waals surface area contributed by atoms with E-state index >= 15 is 0 Å². The van der Waals surface area contributed by atoms with Crippen LogP contribution in [0.15, 0.2) is 35.1 Å². The van der Waals surface area contributed by atoms with E-state index in [0.29, 0.717) is 0 Å². The molecule has 0 amide bonds. The first-order valence-electron chi connectivity index (χ1n) is 7.35. The summed E-state index contributed by atoms with van der Waals surface area (Å²) >= 11 is 0. The molecule has 1 N–H and O–H groups in total. The minimum absolute atomic E-state index is 0.0113. The van der Waals surface area contributed by atoms with Gasteiger partial charge in [0.1, 0.15) is 0 Å². The van der Waals surface area contributed by atoms with Gasteiger partial charge in [0, 0.05) is 5.69 Å². The maximum atomic E-state index is 12.4. The minimum atomic E-state index is -0.116. The summed E-state index contributed by atoms with van der Waals surface area (Å²) in [6.45, 7) is 8.53. The first-order chi connectivity index (χ1) is 9.45. The standard InChI is InChI=1S/C17H24N2O/c1-5-6-12-14-15(13-10-8-7-9-11-13)16(20)18-19(14)17(2,3)4/h7-11H,5-6,12H2,1-4H3,(H,18,20). The fourth-order valence-electron chi connectivity index (χ4n) is 2.52. The van der Waals surface area contributed by atoms with Crippen LogP contribution >= 0.6 is 0 Å². The Kier molecular flexibility index (Phi) is 4.17. The zero-order chi connectivity index (χ0) is 14.8. The molecule has 0 atom stereocenters. The van der Waals surface area contributed by atoms with E-state index in [1.807, 2.05) is 35.0 Å². The monoisotopic (exact) mass is 272 g/mol. The molecule has 108 valence electrons. The lowest BCUT2D eigenvalue weighted by molar-refractivity contribution is 0.341. The second-order valence-electron chi connectivity index (χ2n) is 6.24. The van der Waals surface area contributed by atoms with E-state index in [9.17, 15) is 4.79 Å². The van der Waals surface area contributed by atoms with Crippen molar-refractivity contribution < 1.29 is 0 Å². The van der Waals surface area contributed by atoms with Gasteiger partial charge in [0.25, 0.3) is 5.56 Å². The summed E-state index contributed by atoms with van der Waals surface area (Å²) in [6, 6.07) is 9.95. The quantitative estimate of drug-likeness (QED) is 0.899. The number of hydrogen-bond donors (Lipinski definition) is 1. The van der Waals surface area contributed by atoms with Crippen LogP contribution in [0.4, 0.5) is 0 Å². The van der Waals surface area contributed by atoms with Gasteiger partial charge in [0.05, 0.1) is 11.1 Å². The van der Waals surface area contributed by atoms with Gasteiger partial charge in [0.15, 0.2) is 0 Å². The van der Waals surface area contributed by atoms with E-state index in [2.05, 4.69) is 32.8 Å². The summed E-state index contributed by atoms with van der Waals surface area (Å²) in [4.78, 5) is 12.4. The molecule has 0 bridgehead atoms. The van der Waals surface area contributed by atoms with Crippen LogP contribution in [0.1, 0.15) is 46.2 Å². The number of nitrogens with zero attached hydrogens (tertiary/aromatic N) is 1. The third-order valence-electron chi connectivity index (χ3n) is 3.50. The predicted octanol–water partition coefficient (Wildman–Crippen LogP) is 3.94. The summed E-state index contributed by atoms with van der Waals surface area (Å²) in [7, 11) is 0. The van der Waals surface area contributed by atoms with Gasteiger partial charge in [-0.05, 0) is 39.2 Å². The molecule has 3 nitrogen and oxygen atoms in total. The zero-order valence-electron chi connectivity index (χ0n) is 12.9. The van der Waals surface area contributed by atoms with E-state index < -0.39 is 0 Å². The van der Waals surface area contributed by atoms with Crippen molar-refractivity contribution in [2.24, 2.45) is 0 Å². The minimum Gasteiger partial charge on any atom is -0.283 e. The Morgan fingerprint density at radius 1 is 1.15 bits per heavy atom. The smallest absolute Gasteiger partial charge is 0.272 e. The summed E-state index contributed by atoms with van der Waals surface area (Å²) in [5.74, 6) is 0. The topological polar surface area (TPSA) is 37.8 Å². The van der Waals surface area contributed by atoms with Gasteiger partial charge in [-0.15, -0.1) is 0 Å². The molecule has 2 aromatic rings. The maximum Gasteiger partial charge on any atom is 0.272 e. The molecule has 1 aromatic carbocycles. The summed E-state index contributed by atoms with van der Waals surface area (Å²) in [5.41, 5.74) is 2.85. The number of H-pyrrole nitrogens is 1. The predicted molar refractivity (Wildman–Crippen MR) is 84.1 cm³/mol. The van der Waals surface area contributed by atoms with Crippen molar-refractivity contribution in [3.05, 3.63) is 46.4 Å². The molecule has 1 aromatic heterocycles. The molecule has 0 radical (unpaired) electrons. The Hall–Kier alpha value is -1.77. The molecule has 0 aliphatic rings. The van der Waals surface area contributed by atoms with Crippen molar-refractivity contribution in [2.75, 3.05) is 0 Å². The van der Waals surface area contributed by atoms with Gasteiger partial charge >= 0.3 is 0 Å². The normalized spacial score (nSPS) is 11.8. The molecule has 1 heterocycles. The fourth-order valence-corrected chi connectivity index (χ4v) is 2.52. The number of unbranched alkanes of at least 4 members (excludes halogenated alkanes) is 1. The van der Waals surface area contributed by atoms with Crippen LogP contribution < -0.4 is 5.56 Å². The second kappa shape index (κ2) is 5.70. The number of nitrogens with one attached hydrogen (secondary N) is 1. The largest absolute Gasteiger partial charge is 0.283 e. The Labute approximate surface area is 120 Å². The number of aromatic nitrogens is 2. The van der Waals surface area contributed by atoms with Crippen LogP contribution in [-0.2, 0) is 12.0 Å². The van der Waals surface area contributed by atoms with Crippen LogP contribution in [0, 0.1) is 0 Å². The van der Waals surface area contributed by atoms with Gasteiger partial charge in [-0.1, -0.05) is 43.7 Å². The van der Waals surface area contributed by atoms with Crippen molar-refractivity contribution in [3.8, 4) is 11.1 Å². The highest BCUT2D eigenvalue weighted by Crippen LogP contribution is 2.25. The highest BCUT2D eigenvalue weighted by molar-refractivity contribution is 5.65. The fraction of sp³-hybridized carbons (Fsp3) is 0.471. The van der Waals surface area contributed by atoms with Crippen LogP contribution in [-0.4, -0.2) is 9.78 Å². The Morgan fingerprint density at radius 3 is 2.35 bits per heavy atom. The maximum absolute atomic E-state index is 12.4. The molecule has 0 spiro atoms. The molecular formula is C17H24N2O. The molecular weight excluding hydrogens is 248 g/mol. The van der Waals surface area contributed by atoms with Crippen LogP contribution in [0.3, 0.4) is 0 Å². The third-order valence-corrected chi connectivity index (χ3v) is 3.50. The number of hydrogen-bond acceptors (Lipinski definition) is 1. The van der Waals surface area contributed by atoms with Crippen molar-refractivity contribution in [3.63, 3.8) is 0 Å². The van der Waals surface area contributed by atoms with Gasteiger partial charge in [-0.25, -0.2) is 0 Å². The molecule has 0 fully saturated rings. The van der Waals surface area contributed by atoms with Crippen LogP contribution in [0.2, 0.25) is 0 Å². The number of benzene rings is 1. The van der Waals surface area contributed by atoms with E-state index in [-0.39, 0.29) is 11.1 Å². The Balaban J connectivity index is 2.61. The molecule has 20 heavy (non-hydrogen) atoms. The van der Waals surface area contributed by atoms with E-state index in [1.54, 1.807) is 0 Å². The van der Waals surface area contributed by atoms with Gasteiger partial charge in [0.2, 0.25) is 0 Å². The molecule has 0 saturated heterocycles. The zero-order valence-corrected chi connectivity index (χ0v) is 12.9. The van der Waals surface area contributed by atoms with Crippen molar-refractivity contribution >= 4 is 0 Å². The van der Waals surface area contributed by atoms with Crippen LogP contribution in [0.25, 0.3) is 11.1 Å². The van der Waals surface area contributed by atoms with Gasteiger partial charge in [-0.3, -0.25) is 14.6 Å². The highest BCUT2D eigenvalue weighted by atomic mass is 16.1. The molecule has 0 unspecified atom stereocenters. The molecule has 0 saturated carbocycles. The summed E-state index contributed by atoms with van der Waals surface area (Å²) in [5, 5.41) is 3.02. The average molecular weight is 272 g/mol. The van der Waals surface area contributed by atoms with E-state index in [0.717, 1.165) is 36.1 Å². The second-order valence-corrected chi connectivity index (χ2v) is 6.24. The lowest BCUT2D eigenvalue weighted by Gasteiger charge is -2.24. The summed E-state index contributed by atoms with van der Waals surface area (Å²) in [6.07, 6.45) is 3.14. The lowest BCUT2D eigenvalue weighted by Crippen LogP contribution is -2.26. The third kappa shape index (κ3) is 2.87. The summed E-state index contributed by atoms with van der Waals surface area (Å²) < 4.78 is 2.04. The number of rotatable bonds is 4. The van der Waals surface area contributed by atoms with Gasteiger partial charge < -0.3 is 0 Å². The Morgan fingerprint density at radius 2 is 1.80 bits per heavy atom. The Bertz CT molecular complexity index is 615. The molecule has 0 aliphatic heterocycles. The first-order valence-corrected chi connectivity index (χ1v) is 7.35. The number of aromatic amines is 1. The SMILES string of the molecule is CCCCc1c(-c2ccccc2)c(=O)[nH]n1C(C)(C)C.